The highest BCUT2D eigenvalue weighted by Crippen LogP contribution is 2.35. The van der Waals surface area contributed by atoms with Crippen LogP contribution in [0.5, 0.6) is 11.5 Å². The number of nitrogens with zero attached hydrogens (tertiary/aromatic N) is 2. The highest BCUT2D eigenvalue weighted by atomic mass is 35.5. The van der Waals surface area contributed by atoms with E-state index in [1.807, 2.05) is 36.5 Å². The van der Waals surface area contributed by atoms with E-state index in [2.05, 4.69) is 73.9 Å². The van der Waals surface area contributed by atoms with Crippen molar-refractivity contribution in [3.05, 3.63) is 95.6 Å². The molecule has 0 unspecified atom stereocenters. The van der Waals surface area contributed by atoms with Crippen molar-refractivity contribution >= 4 is 33.4 Å². The molecule has 4 heteroatoms. The third-order valence-corrected chi connectivity index (χ3v) is 5.75. The van der Waals surface area contributed by atoms with Gasteiger partial charge in [-0.3, -0.25) is 4.57 Å². The van der Waals surface area contributed by atoms with Crippen LogP contribution in [0.25, 0.3) is 27.6 Å². The largest absolute Gasteiger partial charge is 0.457 e. The quantitative estimate of drug-likeness (QED) is 0.293. The van der Waals surface area contributed by atoms with Crippen LogP contribution < -0.4 is 4.74 Å². The molecule has 0 aliphatic carbocycles. The van der Waals surface area contributed by atoms with E-state index in [-0.39, 0.29) is 5.41 Å². The van der Waals surface area contributed by atoms with Gasteiger partial charge in [0.25, 0.3) is 0 Å². The van der Waals surface area contributed by atoms with Gasteiger partial charge in [-0.15, -0.1) is 0 Å². The maximum Gasteiger partial charge on any atom is 0.137 e. The SMILES string of the molecule is CC(C)(C)c1ccnc(-n2c3ccccc3c3ccc(Oc4cccc(Cl)c4)cc32)c1. The van der Waals surface area contributed by atoms with Crippen molar-refractivity contribution in [1.29, 1.82) is 0 Å². The standard InChI is InChI=1S/C27H23ClN2O/c1-27(2,3)18-13-14-29-26(15-18)30-24-10-5-4-9-22(24)23-12-11-21(17-25(23)30)31-20-8-6-7-19(28)16-20/h4-17H,1-3H3. The first kappa shape index (κ1) is 19.7. The van der Waals surface area contributed by atoms with Gasteiger partial charge in [0.15, 0.2) is 0 Å². The lowest BCUT2D eigenvalue weighted by Crippen LogP contribution is -2.12. The molecule has 0 aliphatic rings. The summed E-state index contributed by atoms with van der Waals surface area (Å²) in [6.07, 6.45) is 1.89. The minimum absolute atomic E-state index is 0.0390. The fraction of sp³-hybridized carbons (Fsp3) is 0.148. The summed E-state index contributed by atoms with van der Waals surface area (Å²) < 4.78 is 8.33. The number of ether oxygens (including phenoxy) is 1. The molecular formula is C27H23ClN2O. The van der Waals surface area contributed by atoms with Crippen molar-refractivity contribution in [3.63, 3.8) is 0 Å². The van der Waals surface area contributed by atoms with Crippen LogP contribution in [0.3, 0.4) is 0 Å². The van der Waals surface area contributed by atoms with Crippen LogP contribution in [0.4, 0.5) is 0 Å². The van der Waals surface area contributed by atoms with E-state index in [1.54, 1.807) is 0 Å². The minimum Gasteiger partial charge on any atom is -0.457 e. The van der Waals surface area contributed by atoms with Gasteiger partial charge >= 0.3 is 0 Å². The first-order chi connectivity index (χ1) is 14.9. The minimum atomic E-state index is 0.0390. The van der Waals surface area contributed by atoms with Crippen molar-refractivity contribution in [2.75, 3.05) is 0 Å². The van der Waals surface area contributed by atoms with E-state index >= 15 is 0 Å². The molecule has 5 rings (SSSR count). The molecule has 154 valence electrons. The van der Waals surface area contributed by atoms with Gasteiger partial charge in [0.1, 0.15) is 17.3 Å². The summed E-state index contributed by atoms with van der Waals surface area (Å²) in [7, 11) is 0. The molecule has 0 saturated carbocycles. The third-order valence-electron chi connectivity index (χ3n) is 5.52. The summed E-state index contributed by atoms with van der Waals surface area (Å²) in [5.74, 6) is 2.37. The first-order valence-electron chi connectivity index (χ1n) is 10.3. The van der Waals surface area contributed by atoms with Gasteiger partial charge in [0, 0.05) is 28.1 Å². The zero-order valence-corrected chi connectivity index (χ0v) is 18.5. The number of para-hydroxylation sites is 1. The van der Waals surface area contributed by atoms with E-state index in [9.17, 15) is 0 Å². The predicted octanol–water partition coefficient (Wildman–Crippen LogP) is 7.92. The molecule has 31 heavy (non-hydrogen) atoms. The van der Waals surface area contributed by atoms with Crippen molar-refractivity contribution < 1.29 is 4.74 Å². The van der Waals surface area contributed by atoms with E-state index in [0.717, 1.165) is 28.0 Å². The molecule has 0 spiro atoms. The smallest absolute Gasteiger partial charge is 0.137 e. The van der Waals surface area contributed by atoms with Crippen molar-refractivity contribution in [1.82, 2.24) is 9.55 Å². The lowest BCUT2D eigenvalue weighted by molar-refractivity contribution is 0.483. The van der Waals surface area contributed by atoms with Crippen molar-refractivity contribution in [2.45, 2.75) is 26.2 Å². The Labute approximate surface area is 186 Å². The van der Waals surface area contributed by atoms with E-state index < -0.39 is 0 Å². The Hall–Kier alpha value is -3.30. The second kappa shape index (κ2) is 7.44. The van der Waals surface area contributed by atoms with Crippen LogP contribution in [-0.4, -0.2) is 9.55 Å². The predicted molar refractivity (Wildman–Crippen MR) is 129 cm³/mol. The van der Waals surface area contributed by atoms with Crippen LogP contribution >= 0.6 is 11.6 Å². The lowest BCUT2D eigenvalue weighted by atomic mass is 9.88. The third kappa shape index (κ3) is 3.66. The second-order valence-corrected chi connectivity index (χ2v) is 9.18. The Bertz CT molecular complexity index is 1410. The average molecular weight is 427 g/mol. The van der Waals surface area contributed by atoms with Gasteiger partial charge in [-0.25, -0.2) is 4.98 Å². The van der Waals surface area contributed by atoms with Gasteiger partial charge in [-0.2, -0.15) is 0 Å². The zero-order chi connectivity index (χ0) is 21.6. The normalized spacial score (nSPS) is 11.9. The lowest BCUT2D eigenvalue weighted by Gasteiger charge is -2.20. The molecule has 2 heterocycles. The summed E-state index contributed by atoms with van der Waals surface area (Å²) in [6.45, 7) is 6.65. The van der Waals surface area contributed by atoms with E-state index in [1.165, 1.54) is 10.9 Å². The maximum absolute atomic E-state index is 6.12. The molecule has 0 radical (unpaired) electrons. The fourth-order valence-electron chi connectivity index (χ4n) is 3.93. The number of rotatable bonds is 3. The van der Waals surface area contributed by atoms with Crippen LogP contribution in [0.15, 0.2) is 85.1 Å². The Morgan fingerprint density at radius 3 is 2.35 bits per heavy atom. The van der Waals surface area contributed by atoms with Gasteiger partial charge in [0.2, 0.25) is 0 Å². The molecule has 0 atom stereocenters. The highest BCUT2D eigenvalue weighted by Gasteiger charge is 2.18. The summed E-state index contributed by atoms with van der Waals surface area (Å²) in [5.41, 5.74) is 3.46. The summed E-state index contributed by atoms with van der Waals surface area (Å²) >= 11 is 6.12. The first-order valence-corrected chi connectivity index (χ1v) is 10.7. The van der Waals surface area contributed by atoms with Crippen molar-refractivity contribution in [2.24, 2.45) is 0 Å². The summed E-state index contributed by atoms with van der Waals surface area (Å²) in [5, 5.41) is 3.00. The zero-order valence-electron chi connectivity index (χ0n) is 17.8. The molecule has 5 aromatic rings. The molecule has 0 amide bonds. The average Bonchev–Trinajstić information content (AvgIpc) is 3.07. The van der Waals surface area contributed by atoms with Gasteiger partial charge in [0.05, 0.1) is 11.0 Å². The van der Waals surface area contributed by atoms with Crippen LogP contribution in [0, 0.1) is 0 Å². The molecule has 3 aromatic carbocycles. The Balaban J connectivity index is 1.72. The summed E-state index contributed by atoms with van der Waals surface area (Å²) in [4.78, 5) is 4.73. The van der Waals surface area contributed by atoms with Crippen LogP contribution in [-0.2, 0) is 5.41 Å². The molecule has 0 saturated heterocycles. The second-order valence-electron chi connectivity index (χ2n) is 8.74. The van der Waals surface area contributed by atoms with Gasteiger partial charge < -0.3 is 4.74 Å². The number of halogens is 1. The number of hydrogen-bond acceptors (Lipinski definition) is 2. The molecule has 0 N–H and O–H groups in total. The number of aromatic nitrogens is 2. The number of benzene rings is 3. The van der Waals surface area contributed by atoms with E-state index in [4.69, 9.17) is 21.3 Å². The van der Waals surface area contributed by atoms with E-state index in [0.29, 0.717) is 10.8 Å². The topological polar surface area (TPSA) is 27.1 Å². The Morgan fingerprint density at radius 1 is 0.774 bits per heavy atom. The monoisotopic (exact) mass is 426 g/mol. The molecular weight excluding hydrogens is 404 g/mol. The van der Waals surface area contributed by atoms with Gasteiger partial charge in [-0.05, 0) is 59.5 Å². The number of pyridine rings is 1. The Kier molecular flexibility index (Phi) is 4.71. The van der Waals surface area contributed by atoms with Crippen LogP contribution in [0.1, 0.15) is 26.3 Å². The molecule has 0 bridgehead atoms. The Morgan fingerprint density at radius 2 is 1.55 bits per heavy atom. The van der Waals surface area contributed by atoms with Gasteiger partial charge in [-0.1, -0.05) is 56.6 Å². The number of hydrogen-bond donors (Lipinski definition) is 0. The molecule has 0 aliphatic heterocycles. The molecule has 2 aromatic heterocycles. The number of fused-ring (bicyclic) bond motifs is 3. The highest BCUT2D eigenvalue weighted by molar-refractivity contribution is 6.30. The van der Waals surface area contributed by atoms with Crippen LogP contribution in [0.2, 0.25) is 5.02 Å². The summed E-state index contributed by atoms with van der Waals surface area (Å²) in [6, 6.07) is 26.3. The molecule has 3 nitrogen and oxygen atoms in total. The fourth-order valence-corrected chi connectivity index (χ4v) is 4.11. The maximum atomic E-state index is 6.12. The van der Waals surface area contributed by atoms with Crippen molar-refractivity contribution in [3.8, 4) is 17.3 Å². The molecule has 0 fully saturated rings.